The molecular weight excluding hydrogens is 318 g/mol. The van der Waals surface area contributed by atoms with Crippen LogP contribution in [-0.4, -0.2) is 13.2 Å². The fourth-order valence-electron chi connectivity index (χ4n) is 2.05. The highest BCUT2D eigenvalue weighted by molar-refractivity contribution is 9.10. The molecule has 0 aliphatic heterocycles. The molecule has 1 unspecified atom stereocenters. The summed E-state index contributed by atoms with van der Waals surface area (Å²) >= 11 is 3.35. The van der Waals surface area contributed by atoms with E-state index in [4.69, 9.17) is 9.15 Å². The van der Waals surface area contributed by atoms with E-state index in [0.29, 0.717) is 0 Å². The maximum atomic E-state index is 5.67. The Hall–Kier alpha value is -1.26. The molecule has 1 aromatic carbocycles. The van der Waals surface area contributed by atoms with Gasteiger partial charge in [-0.05, 0) is 58.7 Å². The molecular formula is C16H20BrNO2. The van der Waals surface area contributed by atoms with Crippen LogP contribution in [0.3, 0.4) is 0 Å². The molecule has 1 atom stereocenters. The van der Waals surface area contributed by atoms with Crippen LogP contribution in [0, 0.1) is 0 Å². The molecule has 4 heteroatoms. The first-order valence-electron chi connectivity index (χ1n) is 6.96. The average Bonchev–Trinajstić information content (AvgIpc) is 2.89. The van der Waals surface area contributed by atoms with Gasteiger partial charge in [0.25, 0.3) is 0 Å². The van der Waals surface area contributed by atoms with E-state index in [9.17, 15) is 0 Å². The van der Waals surface area contributed by atoms with Crippen molar-refractivity contribution in [2.45, 2.75) is 26.3 Å². The second kappa shape index (κ2) is 7.50. The van der Waals surface area contributed by atoms with Crippen LogP contribution < -0.4 is 10.1 Å². The zero-order valence-electron chi connectivity index (χ0n) is 11.9. The van der Waals surface area contributed by atoms with Gasteiger partial charge in [-0.15, -0.1) is 0 Å². The third-order valence-electron chi connectivity index (χ3n) is 2.97. The normalized spacial score (nSPS) is 12.3. The molecule has 1 aromatic heterocycles. The minimum Gasteiger partial charge on any atom is -0.494 e. The van der Waals surface area contributed by atoms with E-state index < -0.39 is 0 Å². The lowest BCUT2D eigenvalue weighted by Crippen LogP contribution is -2.21. The van der Waals surface area contributed by atoms with Crippen molar-refractivity contribution in [1.82, 2.24) is 5.32 Å². The monoisotopic (exact) mass is 337 g/mol. The third-order valence-corrected chi connectivity index (χ3v) is 3.40. The molecule has 0 aliphatic rings. The molecule has 0 amide bonds. The second-order valence-corrected chi connectivity index (χ2v) is 5.33. The summed E-state index contributed by atoms with van der Waals surface area (Å²) in [5.41, 5.74) is 1.16. The molecule has 2 aromatic rings. The van der Waals surface area contributed by atoms with Crippen LogP contribution in [0.15, 0.2) is 45.5 Å². The van der Waals surface area contributed by atoms with Crippen LogP contribution in [0.5, 0.6) is 5.75 Å². The van der Waals surface area contributed by atoms with Crippen molar-refractivity contribution in [2.24, 2.45) is 0 Å². The zero-order chi connectivity index (χ0) is 14.4. The summed E-state index contributed by atoms with van der Waals surface area (Å²) in [5, 5.41) is 3.44. The molecule has 2 rings (SSSR count). The summed E-state index contributed by atoms with van der Waals surface area (Å²) in [5.74, 6) is 1.81. The van der Waals surface area contributed by atoms with Crippen molar-refractivity contribution < 1.29 is 9.15 Å². The SMILES string of the molecule is CCCOc1ccc(C(NCC)c2ccc(Br)o2)cc1. The first-order chi connectivity index (χ1) is 9.74. The Kier molecular flexibility index (Phi) is 5.68. The Morgan fingerprint density at radius 3 is 2.45 bits per heavy atom. The lowest BCUT2D eigenvalue weighted by Gasteiger charge is -2.16. The molecule has 0 radical (unpaired) electrons. The molecule has 0 fully saturated rings. The number of rotatable bonds is 7. The van der Waals surface area contributed by atoms with Crippen LogP contribution in [-0.2, 0) is 0 Å². The molecule has 0 saturated carbocycles. The molecule has 0 aliphatic carbocycles. The van der Waals surface area contributed by atoms with Gasteiger partial charge >= 0.3 is 0 Å². The number of nitrogens with one attached hydrogen (secondary N) is 1. The maximum Gasteiger partial charge on any atom is 0.169 e. The maximum absolute atomic E-state index is 5.67. The fourth-order valence-corrected chi connectivity index (χ4v) is 2.37. The van der Waals surface area contributed by atoms with Gasteiger partial charge < -0.3 is 14.5 Å². The molecule has 0 bridgehead atoms. The van der Waals surface area contributed by atoms with E-state index in [2.05, 4.69) is 47.2 Å². The van der Waals surface area contributed by atoms with E-state index in [1.165, 1.54) is 0 Å². The van der Waals surface area contributed by atoms with Gasteiger partial charge in [0.05, 0.1) is 12.6 Å². The highest BCUT2D eigenvalue weighted by Gasteiger charge is 2.16. The second-order valence-electron chi connectivity index (χ2n) is 4.55. The Morgan fingerprint density at radius 2 is 1.90 bits per heavy atom. The molecule has 1 heterocycles. The van der Waals surface area contributed by atoms with Crippen LogP contribution in [0.25, 0.3) is 0 Å². The zero-order valence-corrected chi connectivity index (χ0v) is 13.4. The number of furan rings is 1. The summed E-state index contributed by atoms with van der Waals surface area (Å²) in [6.07, 6.45) is 1.02. The Balaban J connectivity index is 2.17. The topological polar surface area (TPSA) is 34.4 Å². The highest BCUT2D eigenvalue weighted by atomic mass is 79.9. The largest absolute Gasteiger partial charge is 0.494 e. The van der Waals surface area contributed by atoms with Gasteiger partial charge in [0.1, 0.15) is 11.5 Å². The Bertz CT molecular complexity index is 522. The minimum absolute atomic E-state index is 0.0616. The average molecular weight is 338 g/mol. The van der Waals surface area contributed by atoms with Crippen molar-refractivity contribution in [2.75, 3.05) is 13.2 Å². The number of ether oxygens (including phenoxy) is 1. The molecule has 3 nitrogen and oxygen atoms in total. The van der Waals surface area contributed by atoms with Crippen LogP contribution in [0.2, 0.25) is 0 Å². The summed E-state index contributed by atoms with van der Waals surface area (Å²) in [6, 6.07) is 12.1. The summed E-state index contributed by atoms with van der Waals surface area (Å²) in [6.45, 7) is 5.81. The van der Waals surface area contributed by atoms with E-state index in [0.717, 1.165) is 41.3 Å². The van der Waals surface area contributed by atoms with Gasteiger partial charge in [0, 0.05) is 0 Å². The molecule has 108 valence electrons. The molecule has 0 saturated heterocycles. The number of hydrogen-bond donors (Lipinski definition) is 1. The lowest BCUT2D eigenvalue weighted by molar-refractivity contribution is 0.317. The number of benzene rings is 1. The van der Waals surface area contributed by atoms with Crippen LogP contribution in [0.4, 0.5) is 0 Å². The molecule has 0 spiro atoms. The Labute approximate surface area is 128 Å². The smallest absolute Gasteiger partial charge is 0.169 e. The van der Waals surface area contributed by atoms with E-state index >= 15 is 0 Å². The predicted octanol–water partition coefficient (Wildman–Crippen LogP) is 4.53. The standard InChI is InChI=1S/C16H20BrNO2/c1-3-11-19-13-7-5-12(6-8-13)16(18-4-2)14-9-10-15(17)20-14/h5-10,16,18H,3-4,11H2,1-2H3. The van der Waals surface area contributed by atoms with Gasteiger partial charge in [0.15, 0.2) is 4.67 Å². The summed E-state index contributed by atoms with van der Waals surface area (Å²) in [7, 11) is 0. The van der Waals surface area contributed by atoms with Crippen molar-refractivity contribution >= 4 is 15.9 Å². The molecule has 20 heavy (non-hydrogen) atoms. The van der Waals surface area contributed by atoms with Crippen molar-refractivity contribution in [1.29, 1.82) is 0 Å². The fraction of sp³-hybridized carbons (Fsp3) is 0.375. The van der Waals surface area contributed by atoms with Gasteiger partial charge in [-0.2, -0.15) is 0 Å². The summed E-state index contributed by atoms with van der Waals surface area (Å²) in [4.78, 5) is 0. The first-order valence-corrected chi connectivity index (χ1v) is 7.75. The summed E-state index contributed by atoms with van der Waals surface area (Å²) < 4.78 is 12.0. The van der Waals surface area contributed by atoms with Gasteiger partial charge in [-0.25, -0.2) is 0 Å². The van der Waals surface area contributed by atoms with E-state index in [1.54, 1.807) is 0 Å². The van der Waals surface area contributed by atoms with Gasteiger partial charge in [-0.1, -0.05) is 26.0 Å². The lowest BCUT2D eigenvalue weighted by atomic mass is 10.0. The van der Waals surface area contributed by atoms with E-state index in [-0.39, 0.29) is 6.04 Å². The van der Waals surface area contributed by atoms with Crippen LogP contribution >= 0.6 is 15.9 Å². The van der Waals surface area contributed by atoms with Crippen molar-refractivity contribution in [3.63, 3.8) is 0 Å². The minimum atomic E-state index is 0.0616. The number of halogens is 1. The van der Waals surface area contributed by atoms with Gasteiger partial charge in [-0.3, -0.25) is 0 Å². The quantitative estimate of drug-likeness (QED) is 0.805. The van der Waals surface area contributed by atoms with Gasteiger partial charge in [0.2, 0.25) is 0 Å². The predicted molar refractivity (Wildman–Crippen MR) is 84.2 cm³/mol. The van der Waals surface area contributed by atoms with Crippen molar-refractivity contribution in [3.8, 4) is 5.75 Å². The Morgan fingerprint density at radius 1 is 1.15 bits per heavy atom. The van der Waals surface area contributed by atoms with Crippen molar-refractivity contribution in [3.05, 3.63) is 52.4 Å². The highest BCUT2D eigenvalue weighted by Crippen LogP contribution is 2.27. The number of hydrogen-bond acceptors (Lipinski definition) is 3. The first kappa shape index (κ1) is 15.1. The molecule has 1 N–H and O–H groups in total. The third kappa shape index (κ3) is 3.87. The van der Waals surface area contributed by atoms with Crippen LogP contribution in [0.1, 0.15) is 37.6 Å². The van der Waals surface area contributed by atoms with E-state index in [1.807, 2.05) is 24.3 Å².